The van der Waals surface area contributed by atoms with Gasteiger partial charge < -0.3 is 9.73 Å². The summed E-state index contributed by atoms with van der Waals surface area (Å²) < 4.78 is 5.33. The number of anilines is 1. The van der Waals surface area contributed by atoms with Gasteiger partial charge >= 0.3 is 0 Å². The zero-order chi connectivity index (χ0) is 12.5. The van der Waals surface area contributed by atoms with Gasteiger partial charge in [-0.05, 0) is 19.9 Å². The van der Waals surface area contributed by atoms with Crippen LogP contribution in [0.25, 0.3) is 11.4 Å². The Bertz CT molecular complexity index is 580. The summed E-state index contributed by atoms with van der Waals surface area (Å²) >= 11 is 1.89. The maximum atomic E-state index is 5.33. The summed E-state index contributed by atoms with van der Waals surface area (Å²) in [5.74, 6) is 4.58. The van der Waals surface area contributed by atoms with Crippen molar-refractivity contribution >= 4 is 17.6 Å². The smallest absolute Gasteiger partial charge is 0.165 e. The van der Waals surface area contributed by atoms with Gasteiger partial charge in [0.25, 0.3) is 0 Å². The van der Waals surface area contributed by atoms with Crippen molar-refractivity contribution in [3.8, 4) is 11.4 Å². The Morgan fingerprint density at radius 2 is 2.28 bits per heavy atom. The van der Waals surface area contributed by atoms with Gasteiger partial charge in [-0.25, -0.2) is 9.97 Å². The third-order valence-electron chi connectivity index (χ3n) is 3.02. The third-order valence-corrected chi connectivity index (χ3v) is 3.99. The molecule has 0 aromatic carbocycles. The van der Waals surface area contributed by atoms with Crippen LogP contribution in [0, 0.1) is 6.92 Å². The molecule has 3 rings (SSSR count). The number of aromatic nitrogens is 2. The fourth-order valence-corrected chi connectivity index (χ4v) is 3.14. The van der Waals surface area contributed by atoms with E-state index in [1.165, 1.54) is 5.56 Å². The summed E-state index contributed by atoms with van der Waals surface area (Å²) in [6.45, 7) is 4.89. The van der Waals surface area contributed by atoms with E-state index in [1.807, 2.05) is 24.8 Å². The number of fused-ring (bicyclic) bond motifs is 1. The molecule has 5 heteroatoms. The second-order valence-electron chi connectivity index (χ2n) is 4.23. The van der Waals surface area contributed by atoms with Crippen LogP contribution in [0.1, 0.15) is 23.9 Å². The topological polar surface area (TPSA) is 51.0 Å². The molecule has 0 saturated heterocycles. The molecule has 0 bridgehead atoms. The van der Waals surface area contributed by atoms with E-state index in [1.54, 1.807) is 6.26 Å². The van der Waals surface area contributed by atoms with Crippen LogP contribution in [-0.4, -0.2) is 16.5 Å². The molecule has 2 aromatic heterocycles. The number of aryl methyl sites for hydroxylation is 1. The molecule has 1 N–H and O–H groups in total. The van der Waals surface area contributed by atoms with E-state index in [-0.39, 0.29) is 0 Å². The molecular weight excluding hydrogens is 246 g/mol. The summed E-state index contributed by atoms with van der Waals surface area (Å²) in [6.07, 6.45) is 1.68. The number of furan rings is 1. The molecule has 0 fully saturated rings. The van der Waals surface area contributed by atoms with E-state index in [2.05, 4.69) is 22.2 Å². The van der Waals surface area contributed by atoms with Gasteiger partial charge in [0.1, 0.15) is 11.6 Å². The van der Waals surface area contributed by atoms with Crippen molar-refractivity contribution in [2.45, 2.75) is 25.4 Å². The van der Waals surface area contributed by atoms with E-state index in [9.17, 15) is 0 Å². The van der Waals surface area contributed by atoms with Gasteiger partial charge in [0.2, 0.25) is 0 Å². The number of hydrogen-bond acceptors (Lipinski definition) is 5. The summed E-state index contributed by atoms with van der Waals surface area (Å²) in [4.78, 5) is 9.31. The Balaban J connectivity index is 2.12. The molecule has 0 atom stereocenters. The van der Waals surface area contributed by atoms with E-state index in [0.717, 1.165) is 46.7 Å². The number of nitrogens with one attached hydrogen (secondary N) is 1. The van der Waals surface area contributed by atoms with Gasteiger partial charge in [-0.2, -0.15) is 11.8 Å². The first-order valence-corrected chi connectivity index (χ1v) is 7.21. The van der Waals surface area contributed by atoms with Crippen LogP contribution in [-0.2, 0) is 11.5 Å². The minimum absolute atomic E-state index is 0.762. The highest BCUT2D eigenvalue weighted by Gasteiger charge is 2.21. The predicted octanol–water partition coefficient (Wildman–Crippen LogP) is 3.22. The molecule has 18 heavy (non-hydrogen) atoms. The highest BCUT2D eigenvalue weighted by atomic mass is 32.2. The normalized spacial score (nSPS) is 13.7. The Morgan fingerprint density at radius 1 is 1.39 bits per heavy atom. The first kappa shape index (κ1) is 11.6. The van der Waals surface area contributed by atoms with Crippen molar-refractivity contribution in [3.05, 3.63) is 29.3 Å². The molecule has 1 aliphatic rings. The van der Waals surface area contributed by atoms with Crippen molar-refractivity contribution < 1.29 is 4.42 Å². The lowest BCUT2D eigenvalue weighted by Gasteiger charge is -2.10. The van der Waals surface area contributed by atoms with Crippen LogP contribution in [0.2, 0.25) is 0 Å². The second kappa shape index (κ2) is 4.65. The number of thioether (sulfide) groups is 1. The summed E-state index contributed by atoms with van der Waals surface area (Å²) in [7, 11) is 0. The molecule has 94 valence electrons. The molecule has 1 aliphatic heterocycles. The maximum absolute atomic E-state index is 5.33. The van der Waals surface area contributed by atoms with Crippen LogP contribution in [0.3, 0.4) is 0 Å². The largest absolute Gasteiger partial charge is 0.469 e. The predicted molar refractivity (Wildman–Crippen MR) is 73.6 cm³/mol. The summed E-state index contributed by atoms with van der Waals surface area (Å²) in [5.41, 5.74) is 3.39. The van der Waals surface area contributed by atoms with Gasteiger partial charge in [-0.1, -0.05) is 0 Å². The zero-order valence-electron chi connectivity index (χ0n) is 10.5. The van der Waals surface area contributed by atoms with E-state index in [0.29, 0.717) is 0 Å². The lowest BCUT2D eigenvalue weighted by atomic mass is 10.2. The van der Waals surface area contributed by atoms with E-state index in [4.69, 9.17) is 4.42 Å². The fourth-order valence-electron chi connectivity index (χ4n) is 2.10. The zero-order valence-corrected chi connectivity index (χ0v) is 11.3. The van der Waals surface area contributed by atoms with Gasteiger partial charge in [-0.15, -0.1) is 0 Å². The minimum atomic E-state index is 0.762. The number of nitrogens with zero attached hydrogens (tertiary/aromatic N) is 2. The standard InChI is InChI=1S/C13H15N3OS/c1-3-14-12-10-6-18-7-11(10)15-13(16-12)9-4-5-17-8(9)2/h4-5H,3,6-7H2,1-2H3,(H,14,15,16). The van der Waals surface area contributed by atoms with E-state index < -0.39 is 0 Å². The Morgan fingerprint density at radius 3 is 3.00 bits per heavy atom. The Labute approximate surface area is 110 Å². The second-order valence-corrected chi connectivity index (χ2v) is 5.22. The lowest BCUT2D eigenvalue weighted by Crippen LogP contribution is -2.06. The number of hydrogen-bond donors (Lipinski definition) is 1. The van der Waals surface area contributed by atoms with Crippen LogP contribution in [0.5, 0.6) is 0 Å². The first-order chi connectivity index (χ1) is 8.79. The van der Waals surface area contributed by atoms with Gasteiger partial charge in [0.05, 0.1) is 17.5 Å². The highest BCUT2D eigenvalue weighted by molar-refractivity contribution is 7.98. The fraction of sp³-hybridized carbons (Fsp3) is 0.385. The van der Waals surface area contributed by atoms with Crippen molar-refractivity contribution in [3.63, 3.8) is 0 Å². The Kier molecular flexibility index (Phi) is 2.99. The van der Waals surface area contributed by atoms with Crippen molar-refractivity contribution in [1.29, 1.82) is 0 Å². The van der Waals surface area contributed by atoms with Crippen molar-refractivity contribution in [2.24, 2.45) is 0 Å². The first-order valence-electron chi connectivity index (χ1n) is 6.05. The molecule has 4 nitrogen and oxygen atoms in total. The van der Waals surface area contributed by atoms with Crippen LogP contribution < -0.4 is 5.32 Å². The Hall–Kier alpha value is -1.49. The molecule has 0 aliphatic carbocycles. The minimum Gasteiger partial charge on any atom is -0.469 e. The lowest BCUT2D eigenvalue weighted by molar-refractivity contribution is 0.535. The van der Waals surface area contributed by atoms with Crippen LogP contribution >= 0.6 is 11.8 Å². The van der Waals surface area contributed by atoms with Crippen LogP contribution in [0.4, 0.5) is 5.82 Å². The van der Waals surface area contributed by atoms with Crippen LogP contribution in [0.15, 0.2) is 16.7 Å². The van der Waals surface area contributed by atoms with Gasteiger partial charge in [0.15, 0.2) is 5.82 Å². The third kappa shape index (κ3) is 1.88. The van der Waals surface area contributed by atoms with Crippen molar-refractivity contribution in [2.75, 3.05) is 11.9 Å². The summed E-state index contributed by atoms with van der Waals surface area (Å²) in [5, 5.41) is 3.33. The van der Waals surface area contributed by atoms with Gasteiger partial charge in [0, 0.05) is 23.6 Å². The molecule has 3 heterocycles. The average Bonchev–Trinajstić information content (AvgIpc) is 2.97. The molecule has 0 saturated carbocycles. The quantitative estimate of drug-likeness (QED) is 0.919. The number of rotatable bonds is 3. The molecule has 0 spiro atoms. The maximum Gasteiger partial charge on any atom is 0.165 e. The van der Waals surface area contributed by atoms with Gasteiger partial charge in [-0.3, -0.25) is 0 Å². The molecule has 0 radical (unpaired) electrons. The SMILES string of the molecule is CCNc1nc(-c2ccoc2C)nc2c1CSC2. The average molecular weight is 261 g/mol. The van der Waals surface area contributed by atoms with E-state index >= 15 is 0 Å². The summed E-state index contributed by atoms with van der Waals surface area (Å²) in [6, 6.07) is 1.93. The monoisotopic (exact) mass is 261 g/mol. The highest BCUT2D eigenvalue weighted by Crippen LogP contribution is 2.34. The molecular formula is C13H15N3OS. The molecule has 0 unspecified atom stereocenters. The molecule has 0 amide bonds. The molecule has 2 aromatic rings. The van der Waals surface area contributed by atoms with Crippen molar-refractivity contribution in [1.82, 2.24) is 9.97 Å².